The van der Waals surface area contributed by atoms with E-state index in [-0.39, 0.29) is 11.5 Å². The van der Waals surface area contributed by atoms with Crippen LogP contribution in [0.1, 0.15) is 12.5 Å². The molecule has 3 heterocycles. The number of hydrogen-bond donors (Lipinski definition) is 2. The van der Waals surface area contributed by atoms with E-state index in [4.69, 9.17) is 0 Å². The number of carbonyl (C=O) groups is 1. The fraction of sp³-hybridized carbons (Fsp3) is 0.292. The molecule has 0 saturated carbocycles. The molecular weight excluding hydrogens is 637 g/mol. The summed E-state index contributed by atoms with van der Waals surface area (Å²) in [5.74, 6) is -0.499. The number of nitrogens with zero attached hydrogens (tertiary/aromatic N) is 5. The number of benzene rings is 1. The van der Waals surface area contributed by atoms with Crippen molar-refractivity contribution in [2.45, 2.75) is 6.92 Å². The third-order valence-corrected chi connectivity index (χ3v) is 7.86. The number of allylic oxidation sites excluding steroid dienone is 1. The standard InChI is InChI=1S/C24H26FN7OS.W/c1-4-27-23(33)30-24-29-21-20(25)17(13-18(22(21)34-24)19-7-5-6-8-28-19)16(2)14-26-15-32-11-9-31(3)10-12-32;/h5-8,13-14H,2,4,9-12H2,1,3H3,(H2,27,29,30,33);/b26-14-;. The molecule has 8 nitrogen and oxygen atoms in total. The molecule has 1 aliphatic rings. The van der Waals surface area contributed by atoms with Crippen molar-refractivity contribution in [2.75, 3.05) is 45.1 Å². The molecule has 3 aromatic rings. The minimum absolute atomic E-state index is 0.167. The van der Waals surface area contributed by atoms with Crippen LogP contribution in [0.2, 0.25) is 0 Å². The summed E-state index contributed by atoms with van der Waals surface area (Å²) in [7, 11) is 2.11. The topological polar surface area (TPSA) is 85.8 Å². The van der Waals surface area contributed by atoms with Gasteiger partial charge in [0.05, 0.1) is 0 Å². The van der Waals surface area contributed by atoms with Crippen molar-refractivity contribution in [3.05, 3.63) is 48.4 Å². The van der Waals surface area contributed by atoms with Crippen molar-refractivity contribution in [3.63, 3.8) is 0 Å². The molecule has 1 fully saturated rings. The number of urea groups is 1. The second kappa shape index (κ2) is 11.4. The Hall–Kier alpha value is -2.65. The number of aliphatic imine (C=N–C) groups is 1. The maximum atomic E-state index is 15.7. The summed E-state index contributed by atoms with van der Waals surface area (Å²) >= 11 is 2.46. The van der Waals surface area contributed by atoms with Crippen LogP contribution in [0.3, 0.4) is 0 Å². The van der Waals surface area contributed by atoms with E-state index in [9.17, 15) is 4.79 Å². The van der Waals surface area contributed by atoms with E-state index in [1.54, 1.807) is 18.5 Å². The summed E-state index contributed by atoms with van der Waals surface area (Å²) in [4.78, 5) is 30.0. The number of likely N-dealkylation sites (N-methyl/N-ethyl adjacent to an activating group) is 1. The molecule has 2 N–H and O–H groups in total. The SMILES string of the molecule is C=C(/C=N\[C](=[W])N1CCN(C)CC1)c1cc(-c2ccccn2)c2sc(NC(=O)NCC)nc2c1F. The molecule has 1 aliphatic heterocycles. The fourth-order valence-electron chi connectivity index (χ4n) is 3.64. The van der Waals surface area contributed by atoms with Gasteiger partial charge in [0.1, 0.15) is 0 Å². The van der Waals surface area contributed by atoms with Crippen molar-refractivity contribution in [1.29, 1.82) is 0 Å². The summed E-state index contributed by atoms with van der Waals surface area (Å²) in [5.41, 5.74) is 2.32. The predicted molar refractivity (Wildman–Crippen MR) is 137 cm³/mol. The average molecular weight is 663 g/mol. The van der Waals surface area contributed by atoms with Crippen LogP contribution in [0, 0.1) is 5.82 Å². The summed E-state index contributed by atoms with van der Waals surface area (Å²) in [6.45, 7) is 10.2. The van der Waals surface area contributed by atoms with Gasteiger partial charge in [-0.2, -0.15) is 0 Å². The third kappa shape index (κ3) is 5.95. The van der Waals surface area contributed by atoms with Gasteiger partial charge in [0.25, 0.3) is 0 Å². The van der Waals surface area contributed by atoms with Gasteiger partial charge in [-0.05, 0) is 6.92 Å². The quantitative estimate of drug-likeness (QED) is 0.378. The van der Waals surface area contributed by atoms with E-state index in [0.29, 0.717) is 33.2 Å². The number of fused-ring (bicyclic) bond motifs is 1. The molecule has 11 heteroatoms. The molecular formula is C24H26FN7OSW. The number of halogens is 1. The first kappa shape index (κ1) is 25.4. The Balaban J connectivity index is 1.69. The van der Waals surface area contributed by atoms with E-state index < -0.39 is 5.82 Å². The van der Waals surface area contributed by atoms with Gasteiger partial charge in [0.2, 0.25) is 0 Å². The Morgan fingerprint density at radius 3 is 2.80 bits per heavy atom. The summed E-state index contributed by atoms with van der Waals surface area (Å²) in [6.07, 6.45) is 3.31. The molecule has 2 aromatic heterocycles. The van der Waals surface area contributed by atoms with Crippen molar-refractivity contribution < 1.29 is 28.5 Å². The molecule has 0 aliphatic carbocycles. The van der Waals surface area contributed by atoms with Crippen LogP contribution in [-0.2, 0) is 19.4 Å². The van der Waals surface area contributed by atoms with Gasteiger partial charge >= 0.3 is 205 Å². The van der Waals surface area contributed by atoms with E-state index in [2.05, 4.69) is 49.0 Å². The van der Waals surface area contributed by atoms with E-state index in [1.807, 2.05) is 25.1 Å². The third-order valence-electron chi connectivity index (χ3n) is 5.55. The van der Waals surface area contributed by atoms with Crippen molar-refractivity contribution in [2.24, 2.45) is 4.99 Å². The Labute approximate surface area is 218 Å². The molecule has 0 unspecified atom stereocenters. The second-order valence-electron chi connectivity index (χ2n) is 8.04. The van der Waals surface area contributed by atoms with Crippen LogP contribution in [0.25, 0.3) is 27.0 Å². The number of carbonyl (C=O) groups excluding carboxylic acids is 1. The van der Waals surface area contributed by atoms with Gasteiger partial charge in [-0.25, -0.2) is 0 Å². The van der Waals surface area contributed by atoms with Crippen molar-refractivity contribution in [1.82, 2.24) is 25.1 Å². The second-order valence-corrected chi connectivity index (χ2v) is 10.3. The van der Waals surface area contributed by atoms with Crippen LogP contribution in [0.5, 0.6) is 0 Å². The van der Waals surface area contributed by atoms with Gasteiger partial charge in [0, 0.05) is 6.54 Å². The molecule has 2 amide bonds. The summed E-state index contributed by atoms with van der Waals surface area (Å²) in [5, 5.41) is 5.64. The predicted octanol–water partition coefficient (Wildman–Crippen LogP) is 3.60. The zero-order valence-electron chi connectivity index (χ0n) is 19.5. The van der Waals surface area contributed by atoms with Gasteiger partial charge in [-0.3, -0.25) is 0 Å². The van der Waals surface area contributed by atoms with Gasteiger partial charge < -0.3 is 0 Å². The number of nitrogens with one attached hydrogen (secondary N) is 2. The molecule has 1 aromatic carbocycles. The zero-order valence-corrected chi connectivity index (χ0v) is 23.3. The van der Waals surface area contributed by atoms with Crippen LogP contribution < -0.4 is 10.6 Å². The molecule has 182 valence electrons. The zero-order chi connectivity index (χ0) is 24.9. The number of amides is 2. The van der Waals surface area contributed by atoms with Crippen LogP contribution >= 0.6 is 11.3 Å². The number of aromatic nitrogens is 2. The summed E-state index contributed by atoms with van der Waals surface area (Å²) in [6, 6.07) is 6.91. The average Bonchev–Trinajstić information content (AvgIpc) is 3.27. The van der Waals surface area contributed by atoms with E-state index >= 15 is 4.39 Å². The Kier molecular flexibility index (Phi) is 8.28. The molecule has 0 radical (unpaired) electrons. The maximum absolute atomic E-state index is 15.7. The van der Waals surface area contributed by atoms with Crippen LogP contribution in [-0.4, -0.2) is 75.9 Å². The molecule has 0 spiro atoms. The van der Waals surface area contributed by atoms with Crippen LogP contribution in [0.15, 0.2) is 42.0 Å². The fourth-order valence-corrected chi connectivity index (χ4v) is 5.46. The Bertz CT molecular complexity index is 1290. The van der Waals surface area contributed by atoms with Crippen LogP contribution in [0.4, 0.5) is 14.3 Å². The molecule has 4 rings (SSSR count). The summed E-state index contributed by atoms with van der Waals surface area (Å²) < 4.78 is 17.2. The minimum atomic E-state index is -0.499. The first-order valence-electron chi connectivity index (χ1n) is 11.2. The first-order valence-corrected chi connectivity index (χ1v) is 13.5. The molecule has 35 heavy (non-hydrogen) atoms. The van der Waals surface area contributed by atoms with E-state index in [0.717, 1.165) is 35.9 Å². The number of anilines is 1. The first-order chi connectivity index (χ1) is 16.9. The van der Waals surface area contributed by atoms with Gasteiger partial charge in [-0.1, -0.05) is 0 Å². The monoisotopic (exact) mass is 663 g/mol. The molecule has 0 atom stereocenters. The van der Waals surface area contributed by atoms with Gasteiger partial charge in [0.15, 0.2) is 0 Å². The Morgan fingerprint density at radius 1 is 1.34 bits per heavy atom. The Morgan fingerprint density at radius 2 is 2.11 bits per heavy atom. The van der Waals surface area contributed by atoms with E-state index in [1.165, 1.54) is 30.7 Å². The number of thiazole rings is 1. The van der Waals surface area contributed by atoms with Gasteiger partial charge in [-0.15, -0.1) is 0 Å². The number of rotatable bonds is 7. The molecule has 1 saturated heterocycles. The van der Waals surface area contributed by atoms with Crippen molar-refractivity contribution >= 4 is 48.6 Å². The number of piperazine rings is 1. The normalized spacial score (nSPS) is 14.9. The number of pyridine rings is 1. The number of hydrogen-bond acceptors (Lipinski definition) is 7. The van der Waals surface area contributed by atoms with Crippen molar-refractivity contribution in [3.8, 4) is 11.3 Å². The molecule has 0 bridgehead atoms.